The Labute approximate surface area is 152 Å². The largest absolute Gasteiger partial charge is 0.459 e. The van der Waals surface area contributed by atoms with Gasteiger partial charge in [-0.05, 0) is 37.1 Å². The summed E-state index contributed by atoms with van der Waals surface area (Å²) in [4.78, 5) is 14.1. The van der Waals surface area contributed by atoms with Gasteiger partial charge in [-0.15, -0.1) is 10.2 Å². The average Bonchev–Trinajstić information content (AvgIpc) is 3.33. The van der Waals surface area contributed by atoms with Gasteiger partial charge in [-0.3, -0.25) is 4.79 Å². The molecule has 8 heteroatoms. The summed E-state index contributed by atoms with van der Waals surface area (Å²) in [5, 5.41) is 9.49. The Bertz CT molecular complexity index is 918. The summed E-state index contributed by atoms with van der Waals surface area (Å²) < 4.78 is 32.1. The van der Waals surface area contributed by atoms with Gasteiger partial charge in [0, 0.05) is 30.6 Å². The van der Waals surface area contributed by atoms with Crippen molar-refractivity contribution in [3.8, 4) is 10.6 Å². The second-order valence-electron chi connectivity index (χ2n) is 6.11. The standard InChI is InChI=1S/C18H15F2N3O2S/c19-12-3-4-13(14(20)10-12)17-22-21-16(26-17)11-5-7-23(8-6-11)18(24)15-2-1-9-25-15/h1-4,9-11H,5-8H2. The van der Waals surface area contributed by atoms with E-state index < -0.39 is 11.6 Å². The number of piperidine rings is 1. The molecule has 0 atom stereocenters. The topological polar surface area (TPSA) is 59.2 Å². The predicted molar refractivity (Wildman–Crippen MR) is 91.8 cm³/mol. The minimum Gasteiger partial charge on any atom is -0.459 e. The van der Waals surface area contributed by atoms with E-state index in [1.165, 1.54) is 29.7 Å². The van der Waals surface area contributed by atoms with Crippen molar-refractivity contribution in [2.75, 3.05) is 13.1 Å². The van der Waals surface area contributed by atoms with Crippen molar-refractivity contribution in [2.24, 2.45) is 0 Å². The maximum absolute atomic E-state index is 13.9. The van der Waals surface area contributed by atoms with Crippen LogP contribution in [0.4, 0.5) is 8.78 Å². The number of rotatable bonds is 3. The van der Waals surface area contributed by atoms with Crippen LogP contribution < -0.4 is 0 Å². The number of carbonyl (C=O) groups is 1. The highest BCUT2D eigenvalue weighted by atomic mass is 32.1. The maximum atomic E-state index is 13.9. The lowest BCUT2D eigenvalue weighted by Gasteiger charge is -2.30. The van der Waals surface area contributed by atoms with Crippen molar-refractivity contribution in [1.29, 1.82) is 0 Å². The minimum atomic E-state index is -0.647. The Morgan fingerprint density at radius 2 is 2.00 bits per heavy atom. The summed E-state index contributed by atoms with van der Waals surface area (Å²) >= 11 is 1.31. The molecule has 4 rings (SSSR count). The van der Waals surface area contributed by atoms with E-state index in [0.29, 0.717) is 23.9 Å². The summed E-state index contributed by atoms with van der Waals surface area (Å²) in [6.45, 7) is 1.20. The molecule has 0 radical (unpaired) electrons. The van der Waals surface area contributed by atoms with Gasteiger partial charge < -0.3 is 9.32 Å². The van der Waals surface area contributed by atoms with Gasteiger partial charge in [0.05, 0.1) is 6.26 Å². The third-order valence-electron chi connectivity index (χ3n) is 4.47. The van der Waals surface area contributed by atoms with Gasteiger partial charge in [0.2, 0.25) is 0 Å². The number of nitrogens with zero attached hydrogens (tertiary/aromatic N) is 3. The van der Waals surface area contributed by atoms with Crippen LogP contribution in [0, 0.1) is 11.6 Å². The molecule has 5 nitrogen and oxygen atoms in total. The number of furan rings is 1. The number of carbonyl (C=O) groups excluding carboxylic acids is 1. The molecule has 1 saturated heterocycles. The number of halogens is 2. The van der Waals surface area contributed by atoms with Crippen LogP contribution >= 0.6 is 11.3 Å². The summed E-state index contributed by atoms with van der Waals surface area (Å²) in [6.07, 6.45) is 3.00. The monoisotopic (exact) mass is 375 g/mol. The number of amides is 1. The highest BCUT2D eigenvalue weighted by molar-refractivity contribution is 7.14. The van der Waals surface area contributed by atoms with Crippen molar-refractivity contribution >= 4 is 17.2 Å². The zero-order valence-electron chi connectivity index (χ0n) is 13.7. The third-order valence-corrected chi connectivity index (χ3v) is 5.58. The molecular formula is C18H15F2N3O2S. The molecule has 2 aromatic heterocycles. The number of aromatic nitrogens is 2. The van der Waals surface area contributed by atoms with Crippen LogP contribution in [-0.2, 0) is 0 Å². The zero-order valence-corrected chi connectivity index (χ0v) is 14.5. The second-order valence-corrected chi connectivity index (χ2v) is 7.12. The maximum Gasteiger partial charge on any atom is 0.289 e. The van der Waals surface area contributed by atoms with Crippen LogP contribution in [0.3, 0.4) is 0 Å². The molecule has 0 unspecified atom stereocenters. The highest BCUT2D eigenvalue weighted by Gasteiger charge is 2.28. The summed E-state index contributed by atoms with van der Waals surface area (Å²) in [6, 6.07) is 6.77. The third kappa shape index (κ3) is 3.24. The van der Waals surface area contributed by atoms with Crippen molar-refractivity contribution in [1.82, 2.24) is 15.1 Å². The molecular weight excluding hydrogens is 360 g/mol. The Morgan fingerprint density at radius 1 is 1.19 bits per heavy atom. The highest BCUT2D eigenvalue weighted by Crippen LogP contribution is 2.34. The average molecular weight is 375 g/mol. The molecule has 0 aliphatic carbocycles. The molecule has 3 heterocycles. The minimum absolute atomic E-state index is 0.111. The van der Waals surface area contributed by atoms with Crippen LogP contribution in [0.1, 0.15) is 34.3 Å². The lowest BCUT2D eigenvalue weighted by Crippen LogP contribution is -2.37. The number of likely N-dealkylation sites (tertiary alicyclic amines) is 1. The first-order valence-electron chi connectivity index (χ1n) is 8.23. The van der Waals surface area contributed by atoms with Crippen LogP contribution in [-0.4, -0.2) is 34.1 Å². The van der Waals surface area contributed by atoms with E-state index >= 15 is 0 Å². The lowest BCUT2D eigenvalue weighted by atomic mass is 9.97. The fraction of sp³-hybridized carbons (Fsp3) is 0.278. The molecule has 1 fully saturated rings. The quantitative estimate of drug-likeness (QED) is 0.692. The van der Waals surface area contributed by atoms with Gasteiger partial charge in [-0.25, -0.2) is 8.78 Å². The molecule has 0 bridgehead atoms. The normalized spacial score (nSPS) is 15.4. The van der Waals surface area contributed by atoms with Gasteiger partial charge in [0.25, 0.3) is 5.91 Å². The molecule has 0 saturated carbocycles. The predicted octanol–water partition coefficient (Wildman–Crippen LogP) is 4.10. The molecule has 0 N–H and O–H groups in total. The fourth-order valence-electron chi connectivity index (χ4n) is 3.06. The van der Waals surface area contributed by atoms with E-state index in [9.17, 15) is 13.6 Å². The molecule has 0 spiro atoms. The smallest absolute Gasteiger partial charge is 0.289 e. The summed E-state index contributed by atoms with van der Waals surface area (Å²) in [5.74, 6) is -0.866. The van der Waals surface area contributed by atoms with Crippen molar-refractivity contribution < 1.29 is 18.0 Å². The molecule has 3 aromatic rings. The van der Waals surface area contributed by atoms with Crippen LogP contribution in [0.25, 0.3) is 10.6 Å². The first-order valence-corrected chi connectivity index (χ1v) is 9.05. The van der Waals surface area contributed by atoms with Crippen molar-refractivity contribution in [2.45, 2.75) is 18.8 Å². The number of benzene rings is 1. The number of hydrogen-bond acceptors (Lipinski definition) is 5. The van der Waals surface area contributed by atoms with E-state index in [4.69, 9.17) is 4.42 Å². The molecule has 26 heavy (non-hydrogen) atoms. The first-order chi connectivity index (χ1) is 12.6. The van der Waals surface area contributed by atoms with Crippen LogP contribution in [0.15, 0.2) is 41.0 Å². The van der Waals surface area contributed by atoms with Crippen molar-refractivity contribution in [3.05, 3.63) is 59.0 Å². The van der Waals surface area contributed by atoms with Gasteiger partial charge in [-0.2, -0.15) is 0 Å². The Balaban J connectivity index is 1.44. The van der Waals surface area contributed by atoms with E-state index in [1.54, 1.807) is 17.0 Å². The zero-order chi connectivity index (χ0) is 18.1. The molecule has 1 amide bonds. The van der Waals surface area contributed by atoms with E-state index in [2.05, 4.69) is 10.2 Å². The van der Waals surface area contributed by atoms with Gasteiger partial charge in [-0.1, -0.05) is 11.3 Å². The lowest BCUT2D eigenvalue weighted by molar-refractivity contribution is 0.0680. The summed E-state index contributed by atoms with van der Waals surface area (Å²) in [5.41, 5.74) is 0.251. The van der Waals surface area contributed by atoms with E-state index in [0.717, 1.165) is 23.9 Å². The van der Waals surface area contributed by atoms with Crippen LogP contribution in [0.2, 0.25) is 0 Å². The SMILES string of the molecule is O=C(c1ccco1)N1CCC(c2nnc(-c3ccc(F)cc3F)s2)CC1. The van der Waals surface area contributed by atoms with E-state index in [1.807, 2.05) is 0 Å². The molecule has 134 valence electrons. The fourth-order valence-corrected chi connectivity index (χ4v) is 4.10. The van der Waals surface area contributed by atoms with E-state index in [-0.39, 0.29) is 17.4 Å². The Hall–Kier alpha value is -2.61. The van der Waals surface area contributed by atoms with Gasteiger partial charge >= 0.3 is 0 Å². The Kier molecular flexibility index (Phi) is 4.50. The molecule has 1 aliphatic rings. The van der Waals surface area contributed by atoms with Gasteiger partial charge in [0.15, 0.2) is 10.8 Å². The van der Waals surface area contributed by atoms with Crippen LogP contribution in [0.5, 0.6) is 0 Å². The molecule has 1 aliphatic heterocycles. The second kappa shape index (κ2) is 6.95. The number of hydrogen-bond donors (Lipinski definition) is 0. The summed E-state index contributed by atoms with van der Waals surface area (Å²) in [7, 11) is 0. The van der Waals surface area contributed by atoms with Crippen molar-refractivity contribution in [3.63, 3.8) is 0 Å². The van der Waals surface area contributed by atoms with Gasteiger partial charge in [0.1, 0.15) is 16.6 Å². The Morgan fingerprint density at radius 3 is 2.69 bits per heavy atom. The molecule has 1 aromatic carbocycles. The first kappa shape index (κ1) is 16.8.